The number of nitrogens with zero attached hydrogens (tertiary/aromatic N) is 1. The van der Waals surface area contributed by atoms with E-state index in [0.29, 0.717) is 41.7 Å². The third kappa shape index (κ3) is 5.10. The molecule has 0 unspecified atom stereocenters. The molecule has 9 nitrogen and oxygen atoms in total. The summed E-state index contributed by atoms with van der Waals surface area (Å²) >= 11 is 0. The fraction of sp³-hybridized carbons (Fsp3) is 0.654. The van der Waals surface area contributed by atoms with Crippen LogP contribution in [-0.2, 0) is 19.8 Å². The van der Waals surface area contributed by atoms with Crippen LogP contribution in [0.1, 0.15) is 64.0 Å². The van der Waals surface area contributed by atoms with Gasteiger partial charge in [0.05, 0.1) is 39.5 Å². The van der Waals surface area contributed by atoms with E-state index in [-0.39, 0.29) is 31.2 Å². The molecule has 0 spiro atoms. The largest absolute Gasteiger partial charge is 0.496 e. The molecular formula is C26H37NO8. The minimum Gasteiger partial charge on any atom is -0.496 e. The summed E-state index contributed by atoms with van der Waals surface area (Å²) in [4.78, 5) is 27.4. The van der Waals surface area contributed by atoms with Crippen molar-refractivity contribution in [3.63, 3.8) is 0 Å². The van der Waals surface area contributed by atoms with Crippen LogP contribution in [0.3, 0.4) is 0 Å². The Balaban J connectivity index is 1.84. The molecule has 2 bridgehead atoms. The average Bonchev–Trinajstić information content (AvgIpc) is 2.83. The number of benzene rings is 1. The van der Waals surface area contributed by atoms with Crippen molar-refractivity contribution in [1.29, 1.82) is 0 Å². The number of unbranched alkanes of at least 4 members (excludes halogenated alkanes) is 1. The van der Waals surface area contributed by atoms with E-state index in [2.05, 4.69) is 24.8 Å². The van der Waals surface area contributed by atoms with Gasteiger partial charge in [-0.3, -0.25) is 4.79 Å². The number of fused-ring (bicyclic) bond motifs is 1. The van der Waals surface area contributed by atoms with Crippen LogP contribution < -0.4 is 9.47 Å². The minimum absolute atomic E-state index is 0.0318. The van der Waals surface area contributed by atoms with Crippen molar-refractivity contribution in [2.45, 2.75) is 58.3 Å². The molecule has 0 saturated heterocycles. The normalized spacial score (nSPS) is 22.5. The molecule has 0 radical (unpaired) electrons. The maximum absolute atomic E-state index is 12.9. The fourth-order valence-corrected chi connectivity index (χ4v) is 5.54. The van der Waals surface area contributed by atoms with Crippen LogP contribution in [0.25, 0.3) is 0 Å². The molecule has 3 aliphatic rings. The van der Waals surface area contributed by atoms with E-state index in [1.54, 1.807) is 28.1 Å². The number of methoxy groups -OCH3 is 2. The number of carbonyl (C=O) groups excluding carboxylic acids is 1. The Hall–Kier alpha value is -2.81. The van der Waals surface area contributed by atoms with Crippen LogP contribution in [0.2, 0.25) is 0 Å². The van der Waals surface area contributed by atoms with Crippen LogP contribution in [0.5, 0.6) is 11.5 Å². The van der Waals surface area contributed by atoms with Crippen molar-refractivity contribution >= 4 is 5.97 Å². The lowest BCUT2D eigenvalue weighted by Gasteiger charge is -2.59. The lowest BCUT2D eigenvalue weighted by atomic mass is 9.45. The highest BCUT2D eigenvalue weighted by Gasteiger charge is 2.56. The molecule has 1 N–H and O–H groups in total. The third-order valence-electron chi connectivity index (χ3n) is 7.88. The van der Waals surface area contributed by atoms with Crippen LogP contribution in [0.15, 0.2) is 23.8 Å². The van der Waals surface area contributed by atoms with Gasteiger partial charge in [-0.2, -0.15) is 0 Å². The number of aliphatic hydroxyl groups is 1. The van der Waals surface area contributed by atoms with Crippen molar-refractivity contribution in [2.75, 3.05) is 34.0 Å². The van der Waals surface area contributed by atoms with E-state index in [9.17, 15) is 20.0 Å². The Morgan fingerprint density at radius 1 is 1.17 bits per heavy atom. The van der Waals surface area contributed by atoms with Crippen molar-refractivity contribution < 1.29 is 34.0 Å². The van der Waals surface area contributed by atoms with Gasteiger partial charge in [-0.05, 0) is 73.6 Å². The zero-order valence-electron chi connectivity index (χ0n) is 21.5. The number of aliphatic hydroxyl groups excluding tert-OH is 1. The molecular weight excluding hydrogens is 454 g/mol. The van der Waals surface area contributed by atoms with Gasteiger partial charge in [0.1, 0.15) is 11.5 Å². The van der Waals surface area contributed by atoms with E-state index >= 15 is 0 Å². The van der Waals surface area contributed by atoms with Crippen molar-refractivity contribution in [3.8, 4) is 11.5 Å². The van der Waals surface area contributed by atoms with Gasteiger partial charge in [0.15, 0.2) is 0 Å². The summed E-state index contributed by atoms with van der Waals surface area (Å²) in [5.74, 6) is 1.69. The average molecular weight is 492 g/mol. The summed E-state index contributed by atoms with van der Waals surface area (Å²) in [6.07, 6.45) is 4.05. The number of rotatable bonds is 12. The predicted molar refractivity (Wildman–Crippen MR) is 129 cm³/mol. The van der Waals surface area contributed by atoms with Gasteiger partial charge in [-0.1, -0.05) is 19.9 Å². The lowest BCUT2D eigenvalue weighted by molar-refractivity contribution is -0.757. The quantitative estimate of drug-likeness (QED) is 0.152. The zero-order valence-corrected chi connectivity index (χ0v) is 21.5. The zero-order chi connectivity index (χ0) is 26.0. The molecule has 1 aromatic rings. The first-order chi connectivity index (χ1) is 16.5. The van der Waals surface area contributed by atoms with Crippen molar-refractivity contribution in [2.24, 2.45) is 17.3 Å². The summed E-state index contributed by atoms with van der Waals surface area (Å²) in [5.41, 5.74) is 1.78. The van der Waals surface area contributed by atoms with Crippen molar-refractivity contribution in [3.05, 3.63) is 45.0 Å². The summed E-state index contributed by atoms with van der Waals surface area (Å²) in [6.45, 7) is 8.21. The van der Waals surface area contributed by atoms with Gasteiger partial charge in [0, 0.05) is 11.5 Å². The number of hydrogen-bond acceptors (Lipinski definition) is 8. The summed E-state index contributed by atoms with van der Waals surface area (Å²) in [6, 6.07) is 3.74. The smallest absolute Gasteiger partial charge is 0.315 e. The van der Waals surface area contributed by atoms with E-state index in [0.717, 1.165) is 17.6 Å². The van der Waals surface area contributed by atoms with Crippen LogP contribution in [-0.4, -0.2) is 50.2 Å². The van der Waals surface area contributed by atoms with Gasteiger partial charge in [0.2, 0.25) is 0 Å². The first-order valence-electron chi connectivity index (χ1n) is 12.0. The summed E-state index contributed by atoms with van der Waals surface area (Å²) in [7, 11) is 3.21. The van der Waals surface area contributed by atoms with E-state index < -0.39 is 16.5 Å². The Morgan fingerprint density at radius 3 is 2.29 bits per heavy atom. The number of carbonyl (C=O) groups is 1. The summed E-state index contributed by atoms with van der Waals surface area (Å²) in [5, 5.41) is 19.3. The summed E-state index contributed by atoms with van der Waals surface area (Å²) < 4.78 is 17.1. The van der Waals surface area contributed by atoms with Crippen molar-refractivity contribution in [1.82, 2.24) is 0 Å². The first-order valence-corrected chi connectivity index (χ1v) is 12.0. The molecule has 1 saturated carbocycles. The number of ether oxygens (including phenoxy) is 3. The molecule has 3 aliphatic carbocycles. The topological polar surface area (TPSA) is 117 Å². The molecule has 0 aliphatic heterocycles. The molecule has 1 aromatic carbocycles. The van der Waals surface area contributed by atoms with E-state index in [4.69, 9.17) is 14.2 Å². The van der Waals surface area contributed by atoms with E-state index in [1.165, 1.54) is 0 Å². The fourth-order valence-electron chi connectivity index (χ4n) is 5.54. The Kier molecular flexibility index (Phi) is 7.99. The van der Waals surface area contributed by atoms with Gasteiger partial charge >= 0.3 is 5.97 Å². The highest BCUT2D eigenvalue weighted by molar-refractivity contribution is 5.83. The molecule has 35 heavy (non-hydrogen) atoms. The Bertz CT molecular complexity index is 959. The maximum atomic E-state index is 12.9. The van der Waals surface area contributed by atoms with Gasteiger partial charge in [0.25, 0.3) is 5.09 Å². The molecule has 9 heteroatoms. The Morgan fingerprint density at radius 2 is 1.77 bits per heavy atom. The molecule has 1 fully saturated rings. The van der Waals surface area contributed by atoms with Gasteiger partial charge in [-0.15, -0.1) is 10.1 Å². The monoisotopic (exact) mass is 491 g/mol. The second-order valence-electron chi connectivity index (χ2n) is 10.5. The standard InChI is InChI=1S/C26H37NO8/c1-25(2,24(29)34-9-7-8-10-35-27(30)31)17-12-21(32-5)23(22(13-17)33-6)18-11-16(15-28)19-14-20(18)26(19,3)4/h11-13,18-20,28H,7-10,14-15H2,1-6H3/t18-,19+,20-/m0/s1. The lowest BCUT2D eigenvalue weighted by Crippen LogP contribution is -2.51. The van der Waals surface area contributed by atoms with Crippen LogP contribution >= 0.6 is 0 Å². The number of hydrogen-bond donors (Lipinski definition) is 1. The predicted octanol–water partition coefficient (Wildman–Crippen LogP) is 4.19. The first kappa shape index (κ1) is 26.8. The van der Waals surface area contributed by atoms with Crippen LogP contribution in [0, 0.1) is 27.4 Å². The minimum atomic E-state index is -0.976. The molecule has 0 aromatic heterocycles. The Labute approximate surface area is 206 Å². The molecule has 0 heterocycles. The molecule has 0 amide bonds. The third-order valence-corrected chi connectivity index (χ3v) is 7.88. The SMILES string of the molecule is COc1cc(C(C)(C)C(=O)OCCCCO[N+](=O)[O-])cc(OC)c1[C@H]1C=C(CO)[C@H]2C[C@@H]1C2(C)C. The molecule has 3 atom stereocenters. The van der Waals surface area contributed by atoms with E-state index in [1.807, 2.05) is 12.1 Å². The van der Waals surface area contributed by atoms with Gasteiger partial charge < -0.3 is 24.2 Å². The second kappa shape index (κ2) is 10.4. The van der Waals surface area contributed by atoms with Gasteiger partial charge in [-0.25, -0.2) is 0 Å². The van der Waals surface area contributed by atoms with Crippen LogP contribution in [0.4, 0.5) is 0 Å². The number of esters is 1. The second-order valence-corrected chi connectivity index (χ2v) is 10.5. The molecule has 4 rings (SSSR count). The molecule has 194 valence electrons. The highest BCUT2D eigenvalue weighted by Crippen LogP contribution is 2.65. The highest BCUT2D eigenvalue weighted by atomic mass is 16.9. The number of allylic oxidation sites excluding steroid dienone is 1. The maximum Gasteiger partial charge on any atom is 0.315 e.